The SMILES string of the molecule is O=C1OC2(C3=CC=CC([C@@H]4O[C@H](CO)[C@H](O)[C@H](O)[C@H]4O)C13[C@@H]1O[C@H](CO)[C@H](O)[C@H](O)[C@H]1O)c1ccc(O)cc1Oc1cc(O)ccc12. The summed E-state index contributed by atoms with van der Waals surface area (Å²) in [5.74, 6) is -2.86. The zero-order valence-electron chi connectivity index (χ0n) is 24.5. The lowest BCUT2D eigenvalue weighted by molar-refractivity contribution is -0.273. The van der Waals surface area contributed by atoms with Gasteiger partial charge in [-0.1, -0.05) is 18.2 Å². The average molecular weight is 659 g/mol. The van der Waals surface area contributed by atoms with Crippen LogP contribution in [0.1, 0.15) is 11.1 Å². The Kier molecular flexibility index (Phi) is 7.64. The molecule has 15 heteroatoms. The predicted octanol–water partition coefficient (Wildman–Crippen LogP) is -2.21. The van der Waals surface area contributed by atoms with Crippen molar-refractivity contribution < 1.29 is 74.8 Å². The second-order valence-corrected chi connectivity index (χ2v) is 12.4. The summed E-state index contributed by atoms with van der Waals surface area (Å²) in [7, 11) is 0. The van der Waals surface area contributed by atoms with Gasteiger partial charge in [0.2, 0.25) is 0 Å². The number of fused-ring (bicyclic) bond motifs is 6. The third kappa shape index (κ3) is 4.26. The number of aliphatic hydroxyl groups excluding tert-OH is 8. The smallest absolute Gasteiger partial charge is 0.321 e. The quantitative estimate of drug-likeness (QED) is 0.156. The number of hydrogen-bond donors (Lipinski definition) is 10. The summed E-state index contributed by atoms with van der Waals surface area (Å²) >= 11 is 0. The molecule has 15 nitrogen and oxygen atoms in total. The van der Waals surface area contributed by atoms with Gasteiger partial charge in [-0.15, -0.1) is 0 Å². The zero-order valence-corrected chi connectivity index (χ0v) is 24.5. The molecule has 2 unspecified atom stereocenters. The largest absolute Gasteiger partial charge is 0.508 e. The average Bonchev–Trinajstić information content (AvgIpc) is 3.31. The van der Waals surface area contributed by atoms with Gasteiger partial charge in [-0.05, 0) is 24.3 Å². The molecule has 12 atom stereocenters. The van der Waals surface area contributed by atoms with E-state index in [0.29, 0.717) is 0 Å². The van der Waals surface area contributed by atoms with E-state index < -0.39 is 97.2 Å². The number of phenols is 2. The highest BCUT2D eigenvalue weighted by Crippen LogP contribution is 2.67. The molecule has 0 saturated carbocycles. The predicted molar refractivity (Wildman–Crippen MR) is 154 cm³/mol. The molecule has 0 amide bonds. The Balaban J connectivity index is 1.51. The van der Waals surface area contributed by atoms with Crippen molar-refractivity contribution >= 4 is 5.97 Å². The normalized spacial score (nSPS) is 40.1. The lowest BCUT2D eigenvalue weighted by Gasteiger charge is -2.53. The summed E-state index contributed by atoms with van der Waals surface area (Å²) in [4.78, 5) is 14.9. The summed E-state index contributed by atoms with van der Waals surface area (Å²) in [6.45, 7) is -1.62. The molecule has 3 saturated heterocycles. The maximum atomic E-state index is 14.9. The van der Waals surface area contributed by atoms with Crippen molar-refractivity contribution in [3.05, 3.63) is 71.3 Å². The van der Waals surface area contributed by atoms with Crippen LogP contribution in [0, 0.1) is 11.3 Å². The summed E-state index contributed by atoms with van der Waals surface area (Å²) < 4.78 is 24.4. The number of aromatic hydroxyl groups is 2. The maximum Gasteiger partial charge on any atom is 0.321 e. The second-order valence-electron chi connectivity index (χ2n) is 12.4. The van der Waals surface area contributed by atoms with Gasteiger partial charge in [-0.3, -0.25) is 4.79 Å². The van der Waals surface area contributed by atoms with Crippen molar-refractivity contribution in [1.29, 1.82) is 0 Å². The van der Waals surface area contributed by atoms with Crippen LogP contribution < -0.4 is 4.74 Å². The van der Waals surface area contributed by atoms with Crippen LogP contribution >= 0.6 is 0 Å². The Hall–Kier alpha value is -3.61. The first-order valence-electron chi connectivity index (χ1n) is 15.0. The minimum absolute atomic E-state index is 0.0281. The molecule has 2 aromatic carbocycles. The molecule has 3 fully saturated rings. The van der Waals surface area contributed by atoms with Gasteiger partial charge in [0.25, 0.3) is 0 Å². The fourth-order valence-electron chi connectivity index (χ4n) is 7.84. The minimum atomic E-state index is -2.28. The minimum Gasteiger partial charge on any atom is -0.508 e. The molecule has 7 rings (SSSR count). The number of phenolic OH excluding ortho intramolecular Hbond substituents is 2. The molecular weight excluding hydrogens is 624 g/mol. The van der Waals surface area contributed by atoms with Crippen LogP contribution in [0.3, 0.4) is 0 Å². The Morgan fingerprint density at radius 3 is 1.83 bits per heavy atom. The number of allylic oxidation sites excluding steroid dienone is 2. The van der Waals surface area contributed by atoms with E-state index in [1.807, 2.05) is 0 Å². The van der Waals surface area contributed by atoms with Crippen LogP contribution in [0.15, 0.2) is 60.2 Å². The van der Waals surface area contributed by atoms with Gasteiger partial charge < -0.3 is 70.0 Å². The Morgan fingerprint density at radius 2 is 1.26 bits per heavy atom. The monoisotopic (exact) mass is 658 g/mol. The lowest BCUT2D eigenvalue weighted by Crippen LogP contribution is -2.69. The van der Waals surface area contributed by atoms with E-state index in [0.717, 1.165) is 0 Å². The van der Waals surface area contributed by atoms with Crippen molar-refractivity contribution in [2.24, 2.45) is 11.3 Å². The molecule has 47 heavy (non-hydrogen) atoms. The number of ether oxygens (including phenoxy) is 4. The molecule has 2 aromatic rings. The van der Waals surface area contributed by atoms with E-state index in [1.165, 1.54) is 54.6 Å². The Bertz CT molecular complexity index is 1580. The highest BCUT2D eigenvalue weighted by atomic mass is 16.6. The van der Waals surface area contributed by atoms with Crippen molar-refractivity contribution in [3.63, 3.8) is 0 Å². The number of aliphatic hydroxyl groups is 8. The standard InChI is InChI=1S/C32H34O15/c33-10-19-22(37)24(39)26(41)28(45-19)16-2-1-3-21-31(16,29-27(42)25(40)23(38)20(11-34)46-29)30(43)47-32(21)14-6-4-12(35)8-17(14)44-18-9-13(36)5-7-15(18)32/h1-9,16,19-20,22-29,33-42H,10-11H2/t16?,19-,20-,22+,23+,24+,25+,26-,27-,28+,29-,31?/m1/s1. The Labute approximate surface area is 266 Å². The number of esters is 1. The second kappa shape index (κ2) is 11.2. The van der Waals surface area contributed by atoms with Gasteiger partial charge in [-0.25, -0.2) is 0 Å². The lowest BCUT2D eigenvalue weighted by atomic mass is 9.55. The number of carbonyl (C=O) groups excluding carboxylic acids is 1. The Morgan fingerprint density at radius 1 is 0.702 bits per heavy atom. The molecule has 4 aliphatic heterocycles. The third-order valence-electron chi connectivity index (χ3n) is 10.0. The summed E-state index contributed by atoms with van der Waals surface area (Å²) in [6.07, 6.45) is -13.1. The van der Waals surface area contributed by atoms with Crippen molar-refractivity contribution in [2.75, 3.05) is 13.2 Å². The van der Waals surface area contributed by atoms with E-state index in [9.17, 15) is 55.9 Å². The van der Waals surface area contributed by atoms with E-state index in [-0.39, 0.29) is 39.7 Å². The van der Waals surface area contributed by atoms with Crippen LogP contribution in [0.25, 0.3) is 0 Å². The van der Waals surface area contributed by atoms with Crippen LogP contribution in [0.2, 0.25) is 0 Å². The molecule has 252 valence electrons. The van der Waals surface area contributed by atoms with E-state index in [2.05, 4.69) is 0 Å². The van der Waals surface area contributed by atoms with Gasteiger partial charge in [0, 0.05) is 34.8 Å². The zero-order chi connectivity index (χ0) is 33.6. The molecule has 0 radical (unpaired) electrons. The topological polar surface area (TPSA) is 256 Å². The number of rotatable bonds is 4. The van der Waals surface area contributed by atoms with E-state index in [4.69, 9.17) is 18.9 Å². The van der Waals surface area contributed by atoms with Gasteiger partial charge in [0.15, 0.2) is 5.60 Å². The fourth-order valence-corrected chi connectivity index (χ4v) is 7.84. The van der Waals surface area contributed by atoms with Gasteiger partial charge >= 0.3 is 5.97 Å². The molecule has 4 heterocycles. The van der Waals surface area contributed by atoms with Crippen LogP contribution in [-0.2, 0) is 24.6 Å². The van der Waals surface area contributed by atoms with Crippen LogP contribution in [-0.4, -0.2) is 131 Å². The van der Waals surface area contributed by atoms with Gasteiger partial charge in [-0.2, -0.15) is 0 Å². The summed E-state index contributed by atoms with van der Waals surface area (Å²) in [5.41, 5.74) is -3.77. The molecular formula is C32H34O15. The first-order chi connectivity index (χ1) is 22.4. The molecule has 0 bridgehead atoms. The summed E-state index contributed by atoms with van der Waals surface area (Å²) in [6, 6.07) is 8.06. The maximum absolute atomic E-state index is 14.9. The van der Waals surface area contributed by atoms with Crippen molar-refractivity contribution in [3.8, 4) is 23.0 Å². The molecule has 1 spiro atoms. The fraction of sp³-hybridized carbons (Fsp3) is 0.469. The first-order valence-corrected chi connectivity index (χ1v) is 15.0. The molecule has 5 aliphatic rings. The number of benzene rings is 2. The van der Waals surface area contributed by atoms with Gasteiger partial charge in [0.05, 0.1) is 19.3 Å². The molecule has 0 aromatic heterocycles. The van der Waals surface area contributed by atoms with Crippen LogP contribution in [0.5, 0.6) is 23.0 Å². The van der Waals surface area contributed by atoms with E-state index >= 15 is 0 Å². The van der Waals surface area contributed by atoms with Crippen molar-refractivity contribution in [2.45, 2.75) is 66.6 Å². The highest BCUT2D eigenvalue weighted by Gasteiger charge is 2.75. The molecule has 1 aliphatic carbocycles. The van der Waals surface area contributed by atoms with E-state index in [1.54, 1.807) is 0 Å². The number of carbonyl (C=O) groups is 1. The highest BCUT2D eigenvalue weighted by molar-refractivity contribution is 5.91. The molecule has 10 N–H and O–H groups in total. The first kappa shape index (κ1) is 32.0. The van der Waals surface area contributed by atoms with Crippen molar-refractivity contribution in [1.82, 2.24) is 0 Å². The van der Waals surface area contributed by atoms with Gasteiger partial charge in [0.1, 0.15) is 83.3 Å². The number of hydrogen-bond acceptors (Lipinski definition) is 15. The van der Waals surface area contributed by atoms with Crippen LogP contribution in [0.4, 0.5) is 0 Å². The third-order valence-corrected chi connectivity index (χ3v) is 10.0. The summed E-state index contributed by atoms with van der Waals surface area (Å²) in [5, 5.41) is 106.